The van der Waals surface area contributed by atoms with E-state index in [4.69, 9.17) is 5.73 Å². The second kappa shape index (κ2) is 4.63. The Kier molecular flexibility index (Phi) is 3.47. The summed E-state index contributed by atoms with van der Waals surface area (Å²) in [7, 11) is 0. The Balaban J connectivity index is 0.00000128. The van der Waals surface area contributed by atoms with Crippen LogP contribution in [0.15, 0.2) is 30.5 Å². The number of nitrogen functional groups attached to an aromatic ring is 1. The Morgan fingerprint density at radius 2 is 1.94 bits per heavy atom. The van der Waals surface area contributed by atoms with Gasteiger partial charge in [-0.1, -0.05) is 0 Å². The average Bonchev–Trinajstić information content (AvgIpc) is 2.65. The van der Waals surface area contributed by atoms with Crippen molar-refractivity contribution < 1.29 is 4.92 Å². The van der Waals surface area contributed by atoms with Crippen LogP contribution < -0.4 is 5.73 Å². The van der Waals surface area contributed by atoms with Gasteiger partial charge in [-0.05, 0) is 17.7 Å². The summed E-state index contributed by atoms with van der Waals surface area (Å²) in [4.78, 5) is 9.99. The molecule has 0 saturated heterocycles. The van der Waals surface area contributed by atoms with Gasteiger partial charge in [0.15, 0.2) is 0 Å². The fourth-order valence-corrected chi connectivity index (χ4v) is 1.29. The third kappa shape index (κ3) is 2.12. The lowest BCUT2D eigenvalue weighted by molar-refractivity contribution is -0.384. The quantitative estimate of drug-likeness (QED) is 0.619. The first-order valence-corrected chi connectivity index (χ1v) is 4.22. The maximum atomic E-state index is 10.4. The number of rotatable bonds is 2. The van der Waals surface area contributed by atoms with Gasteiger partial charge in [-0.15, -0.1) is 12.4 Å². The van der Waals surface area contributed by atoms with Crippen molar-refractivity contribution in [3.8, 4) is 11.1 Å². The number of hydrogen-bond acceptors (Lipinski definition) is 4. The molecule has 1 aromatic carbocycles. The van der Waals surface area contributed by atoms with E-state index >= 15 is 0 Å². The van der Waals surface area contributed by atoms with Crippen molar-refractivity contribution in [1.29, 1.82) is 0 Å². The Bertz CT molecular complexity index is 494. The van der Waals surface area contributed by atoms with E-state index in [1.807, 2.05) is 0 Å². The highest BCUT2D eigenvalue weighted by atomic mass is 35.5. The van der Waals surface area contributed by atoms with Crippen LogP contribution in [-0.4, -0.2) is 15.1 Å². The number of aromatic nitrogens is 2. The van der Waals surface area contributed by atoms with Crippen LogP contribution in [0.5, 0.6) is 0 Å². The van der Waals surface area contributed by atoms with Crippen LogP contribution in [0.4, 0.5) is 11.5 Å². The zero-order valence-corrected chi connectivity index (χ0v) is 8.90. The van der Waals surface area contributed by atoms with Gasteiger partial charge in [0.2, 0.25) is 0 Å². The average molecular weight is 241 g/mol. The van der Waals surface area contributed by atoms with E-state index in [1.54, 1.807) is 18.3 Å². The molecule has 0 unspecified atom stereocenters. The highest BCUT2D eigenvalue weighted by Gasteiger charge is 2.07. The van der Waals surface area contributed by atoms with Crippen molar-refractivity contribution in [2.75, 3.05) is 5.73 Å². The smallest absolute Gasteiger partial charge is 0.269 e. The molecule has 84 valence electrons. The molecule has 0 amide bonds. The standard InChI is InChI=1S/C9H8N4O2.ClH/c10-9-8(5-11-12-9)6-1-3-7(4-2-6)13(14)15;/h1-5H,(H3,10,11,12);1H. The van der Waals surface area contributed by atoms with Gasteiger partial charge in [-0.3, -0.25) is 15.2 Å². The summed E-state index contributed by atoms with van der Waals surface area (Å²) in [5.41, 5.74) is 7.21. The summed E-state index contributed by atoms with van der Waals surface area (Å²) < 4.78 is 0. The predicted molar refractivity (Wildman–Crippen MR) is 62.3 cm³/mol. The monoisotopic (exact) mass is 240 g/mol. The van der Waals surface area contributed by atoms with E-state index in [1.165, 1.54) is 12.1 Å². The van der Waals surface area contributed by atoms with Crippen LogP contribution in [0.2, 0.25) is 0 Å². The first-order valence-electron chi connectivity index (χ1n) is 4.22. The molecular weight excluding hydrogens is 232 g/mol. The number of halogens is 1. The minimum absolute atomic E-state index is 0. The number of nitrogens with two attached hydrogens (primary N) is 1. The molecule has 0 radical (unpaired) electrons. The fourth-order valence-electron chi connectivity index (χ4n) is 1.29. The lowest BCUT2D eigenvalue weighted by Crippen LogP contribution is -1.89. The maximum absolute atomic E-state index is 10.4. The summed E-state index contributed by atoms with van der Waals surface area (Å²) in [5.74, 6) is 0.448. The van der Waals surface area contributed by atoms with Gasteiger partial charge in [-0.2, -0.15) is 5.10 Å². The largest absolute Gasteiger partial charge is 0.384 e. The number of anilines is 1. The van der Waals surface area contributed by atoms with Crippen molar-refractivity contribution in [2.24, 2.45) is 0 Å². The summed E-state index contributed by atoms with van der Waals surface area (Å²) in [6.07, 6.45) is 1.58. The Morgan fingerprint density at radius 1 is 1.31 bits per heavy atom. The minimum Gasteiger partial charge on any atom is -0.384 e. The molecule has 1 heterocycles. The van der Waals surface area contributed by atoms with Crippen molar-refractivity contribution in [3.05, 3.63) is 40.6 Å². The molecule has 0 spiro atoms. The lowest BCUT2D eigenvalue weighted by atomic mass is 10.1. The summed E-state index contributed by atoms with van der Waals surface area (Å²) in [6.45, 7) is 0. The van der Waals surface area contributed by atoms with Crippen molar-refractivity contribution >= 4 is 23.9 Å². The molecule has 0 atom stereocenters. The number of nitrogens with one attached hydrogen (secondary N) is 1. The fraction of sp³-hybridized carbons (Fsp3) is 0. The molecule has 16 heavy (non-hydrogen) atoms. The molecular formula is C9H9ClN4O2. The highest BCUT2D eigenvalue weighted by molar-refractivity contribution is 5.85. The highest BCUT2D eigenvalue weighted by Crippen LogP contribution is 2.25. The third-order valence-electron chi connectivity index (χ3n) is 2.06. The molecule has 1 aromatic heterocycles. The second-order valence-electron chi connectivity index (χ2n) is 3.00. The minimum atomic E-state index is -0.442. The molecule has 3 N–H and O–H groups in total. The van der Waals surface area contributed by atoms with E-state index in [9.17, 15) is 10.1 Å². The van der Waals surface area contributed by atoms with E-state index in [0.717, 1.165) is 11.1 Å². The first kappa shape index (κ1) is 12.0. The topological polar surface area (TPSA) is 97.8 Å². The van der Waals surface area contributed by atoms with Crippen molar-refractivity contribution in [3.63, 3.8) is 0 Å². The Labute approximate surface area is 97.0 Å². The van der Waals surface area contributed by atoms with E-state index < -0.39 is 4.92 Å². The normalized spacial score (nSPS) is 9.50. The number of hydrogen-bond donors (Lipinski definition) is 2. The number of nitro benzene ring substituents is 1. The second-order valence-corrected chi connectivity index (χ2v) is 3.00. The summed E-state index contributed by atoms with van der Waals surface area (Å²) in [6, 6.07) is 6.14. The number of non-ortho nitro benzene ring substituents is 1. The third-order valence-corrected chi connectivity index (χ3v) is 2.06. The number of H-pyrrole nitrogens is 1. The van der Waals surface area contributed by atoms with Crippen LogP contribution in [0.25, 0.3) is 11.1 Å². The first-order chi connectivity index (χ1) is 7.18. The van der Waals surface area contributed by atoms with E-state index in [-0.39, 0.29) is 18.1 Å². The maximum Gasteiger partial charge on any atom is 0.269 e. The van der Waals surface area contributed by atoms with Crippen LogP contribution >= 0.6 is 12.4 Å². The van der Waals surface area contributed by atoms with Gasteiger partial charge < -0.3 is 5.73 Å². The van der Waals surface area contributed by atoms with Crippen LogP contribution in [0.1, 0.15) is 0 Å². The van der Waals surface area contributed by atoms with Crippen molar-refractivity contribution in [2.45, 2.75) is 0 Å². The van der Waals surface area contributed by atoms with Gasteiger partial charge >= 0.3 is 0 Å². The summed E-state index contributed by atoms with van der Waals surface area (Å²) >= 11 is 0. The molecule has 6 nitrogen and oxygen atoms in total. The van der Waals surface area contributed by atoms with E-state index in [2.05, 4.69) is 10.2 Å². The summed E-state index contributed by atoms with van der Waals surface area (Å²) in [5, 5.41) is 16.8. The lowest BCUT2D eigenvalue weighted by Gasteiger charge is -1.98. The van der Waals surface area contributed by atoms with Gasteiger partial charge in [-0.25, -0.2) is 0 Å². The van der Waals surface area contributed by atoms with Gasteiger partial charge in [0.25, 0.3) is 5.69 Å². The van der Waals surface area contributed by atoms with Gasteiger partial charge in [0.05, 0.1) is 11.1 Å². The van der Waals surface area contributed by atoms with Crippen molar-refractivity contribution in [1.82, 2.24) is 10.2 Å². The van der Waals surface area contributed by atoms with Gasteiger partial charge in [0.1, 0.15) is 5.82 Å². The van der Waals surface area contributed by atoms with Crippen LogP contribution in [-0.2, 0) is 0 Å². The number of nitrogens with zero attached hydrogens (tertiary/aromatic N) is 2. The van der Waals surface area contributed by atoms with E-state index in [0.29, 0.717) is 5.82 Å². The molecule has 2 rings (SSSR count). The number of nitro groups is 1. The molecule has 0 saturated carbocycles. The molecule has 0 bridgehead atoms. The van der Waals surface area contributed by atoms with Crippen LogP contribution in [0.3, 0.4) is 0 Å². The SMILES string of the molecule is Cl.Nc1[nH]ncc1-c1ccc([N+](=O)[O-])cc1. The Morgan fingerprint density at radius 3 is 2.38 bits per heavy atom. The van der Waals surface area contributed by atoms with Gasteiger partial charge in [0, 0.05) is 17.7 Å². The Hall–Kier alpha value is -2.08. The zero-order valence-electron chi connectivity index (χ0n) is 8.08. The van der Waals surface area contributed by atoms with Crippen LogP contribution in [0, 0.1) is 10.1 Å². The zero-order chi connectivity index (χ0) is 10.8. The molecule has 0 fully saturated rings. The molecule has 7 heteroatoms. The number of benzene rings is 1. The predicted octanol–water partition coefficient (Wildman–Crippen LogP) is 1.99. The molecule has 0 aliphatic rings. The molecule has 0 aliphatic heterocycles. The molecule has 0 aliphatic carbocycles. The number of aromatic amines is 1. The molecule has 2 aromatic rings.